The van der Waals surface area contributed by atoms with Gasteiger partial charge in [-0.05, 0) is 82.6 Å². The summed E-state index contributed by atoms with van der Waals surface area (Å²) < 4.78 is 0. The summed E-state index contributed by atoms with van der Waals surface area (Å²) in [7, 11) is 0. The molecule has 6 aromatic heterocycles. The quantitative estimate of drug-likeness (QED) is 0.167. The highest BCUT2D eigenvalue weighted by molar-refractivity contribution is 6.07. The van der Waals surface area contributed by atoms with Crippen molar-refractivity contribution in [3.05, 3.63) is 182 Å². The van der Waals surface area contributed by atoms with E-state index in [4.69, 9.17) is 19.9 Å². The molecule has 0 saturated heterocycles. The molecular weight excluding hydrogens is 709 g/mol. The number of nitrogens with zero attached hydrogens (tertiary/aromatic N) is 6. The van der Waals surface area contributed by atoms with E-state index in [0.717, 1.165) is 121 Å². The molecule has 0 aliphatic rings. The van der Waals surface area contributed by atoms with Gasteiger partial charge in [-0.3, -0.25) is 9.97 Å². The van der Waals surface area contributed by atoms with E-state index in [1.807, 2.05) is 30.6 Å². The minimum Gasteiger partial charge on any atom is -0.254 e. The summed E-state index contributed by atoms with van der Waals surface area (Å²) in [5, 5.41) is 8.72. The Labute approximate surface area is 332 Å². The highest BCUT2D eigenvalue weighted by Crippen LogP contribution is 2.37. The first-order valence-electron chi connectivity index (χ1n) is 19.3. The predicted octanol–water partition coefficient (Wildman–Crippen LogP) is 12.8. The molecule has 0 bridgehead atoms. The van der Waals surface area contributed by atoms with Crippen LogP contribution in [0.4, 0.5) is 0 Å². The van der Waals surface area contributed by atoms with Gasteiger partial charge in [-0.25, -0.2) is 19.9 Å². The molecule has 0 atom stereocenters. The first kappa shape index (κ1) is 32.3. The summed E-state index contributed by atoms with van der Waals surface area (Å²) in [5.74, 6) is 0. The second kappa shape index (κ2) is 12.8. The van der Waals surface area contributed by atoms with Gasteiger partial charge < -0.3 is 0 Å². The van der Waals surface area contributed by atoms with E-state index < -0.39 is 0 Å². The first-order valence-corrected chi connectivity index (χ1v) is 19.3. The van der Waals surface area contributed by atoms with Crippen molar-refractivity contribution >= 4 is 76.2 Å². The second-order valence-electron chi connectivity index (χ2n) is 14.7. The Bertz CT molecular complexity index is 3650. The SMILES string of the molecule is c1cnc2c(c1)ccc1ccc(-c3ccc4cc(-c5ccc6nc(-c7ccc(-c8ccc9ccc%10cccnc%10c9n8)c8ccccc78)ccc6c5)ccc4n3)nc12. The standard InChI is InChI=1S/C52H30N6/c1-2-8-40-39(7-1)41(19-20-42(40)46-23-13-33-11-9-31-5-3-27-53-49(31)51(33)57-46)45-24-17-37-29-35(15-21-43(37)55-45)36-16-22-44-38(30-36)18-26-47(56-44)48-25-14-34-12-10-32-6-4-28-54-50(32)52(34)58-48/h1-30H. The third kappa shape index (κ3) is 5.27. The van der Waals surface area contributed by atoms with Crippen molar-refractivity contribution < 1.29 is 0 Å². The van der Waals surface area contributed by atoms with Crippen LogP contribution in [-0.2, 0) is 0 Å². The van der Waals surface area contributed by atoms with Gasteiger partial charge in [0.1, 0.15) is 0 Å². The molecule has 12 aromatic rings. The molecule has 268 valence electrons. The molecule has 6 heteroatoms. The van der Waals surface area contributed by atoms with E-state index in [2.05, 4.69) is 162 Å². The molecule has 0 unspecified atom stereocenters. The molecule has 0 saturated carbocycles. The van der Waals surface area contributed by atoms with Crippen LogP contribution in [0, 0.1) is 0 Å². The lowest BCUT2D eigenvalue weighted by Gasteiger charge is -2.13. The number of fused-ring (bicyclic) bond motifs is 9. The monoisotopic (exact) mass is 738 g/mol. The number of hydrogen-bond acceptors (Lipinski definition) is 6. The number of benzene rings is 6. The van der Waals surface area contributed by atoms with Gasteiger partial charge >= 0.3 is 0 Å². The minimum atomic E-state index is 0.829. The first-order chi connectivity index (χ1) is 28.7. The van der Waals surface area contributed by atoms with Crippen LogP contribution in [0.2, 0.25) is 0 Å². The van der Waals surface area contributed by atoms with Gasteiger partial charge in [-0.2, -0.15) is 0 Å². The van der Waals surface area contributed by atoms with Crippen molar-refractivity contribution in [2.75, 3.05) is 0 Å². The lowest BCUT2D eigenvalue weighted by molar-refractivity contribution is 1.31. The van der Waals surface area contributed by atoms with Crippen molar-refractivity contribution in [3.63, 3.8) is 0 Å². The molecule has 0 amide bonds. The summed E-state index contributed by atoms with van der Waals surface area (Å²) in [6.07, 6.45) is 3.65. The zero-order valence-corrected chi connectivity index (χ0v) is 31.0. The maximum atomic E-state index is 5.19. The Morgan fingerprint density at radius 1 is 0.276 bits per heavy atom. The van der Waals surface area contributed by atoms with Crippen LogP contribution in [0.25, 0.3) is 121 Å². The van der Waals surface area contributed by atoms with Crippen LogP contribution in [0.5, 0.6) is 0 Å². The fourth-order valence-corrected chi connectivity index (χ4v) is 8.39. The van der Waals surface area contributed by atoms with Gasteiger partial charge in [-0.1, -0.05) is 109 Å². The van der Waals surface area contributed by atoms with Crippen molar-refractivity contribution in [2.24, 2.45) is 0 Å². The summed E-state index contributed by atoms with van der Waals surface area (Å²) in [5.41, 5.74) is 13.4. The van der Waals surface area contributed by atoms with Gasteiger partial charge in [0.15, 0.2) is 0 Å². The molecule has 0 aliphatic heterocycles. The zero-order valence-electron chi connectivity index (χ0n) is 31.0. The van der Waals surface area contributed by atoms with Crippen LogP contribution in [0.15, 0.2) is 182 Å². The molecule has 6 nitrogen and oxygen atoms in total. The van der Waals surface area contributed by atoms with Gasteiger partial charge in [0, 0.05) is 55.8 Å². The van der Waals surface area contributed by atoms with Crippen LogP contribution in [0.1, 0.15) is 0 Å². The van der Waals surface area contributed by atoms with Crippen molar-refractivity contribution in [1.29, 1.82) is 0 Å². The maximum absolute atomic E-state index is 5.19. The average Bonchev–Trinajstić information content (AvgIpc) is 3.30. The van der Waals surface area contributed by atoms with Crippen LogP contribution >= 0.6 is 0 Å². The van der Waals surface area contributed by atoms with Crippen LogP contribution in [-0.4, -0.2) is 29.9 Å². The minimum absolute atomic E-state index is 0.829. The highest BCUT2D eigenvalue weighted by Gasteiger charge is 2.14. The Balaban J connectivity index is 0.867. The second-order valence-corrected chi connectivity index (χ2v) is 14.7. The van der Waals surface area contributed by atoms with E-state index in [0.29, 0.717) is 0 Å². The Morgan fingerprint density at radius 3 is 1.24 bits per heavy atom. The Kier molecular flexibility index (Phi) is 7.13. The molecule has 0 aliphatic carbocycles. The fraction of sp³-hybridized carbons (Fsp3) is 0. The number of aromatic nitrogens is 6. The molecule has 6 heterocycles. The molecule has 6 aromatic carbocycles. The summed E-state index contributed by atoms with van der Waals surface area (Å²) in [4.78, 5) is 29.7. The lowest BCUT2D eigenvalue weighted by atomic mass is 9.95. The molecule has 0 radical (unpaired) electrons. The van der Waals surface area contributed by atoms with Gasteiger partial charge in [-0.15, -0.1) is 0 Å². The van der Waals surface area contributed by atoms with Crippen molar-refractivity contribution in [1.82, 2.24) is 29.9 Å². The molecule has 0 fully saturated rings. The third-order valence-corrected chi connectivity index (χ3v) is 11.3. The normalized spacial score (nSPS) is 11.8. The summed E-state index contributed by atoms with van der Waals surface area (Å²) >= 11 is 0. The number of hydrogen-bond donors (Lipinski definition) is 0. The number of pyridine rings is 6. The van der Waals surface area contributed by atoms with Crippen LogP contribution < -0.4 is 0 Å². The van der Waals surface area contributed by atoms with E-state index in [9.17, 15) is 0 Å². The molecule has 0 N–H and O–H groups in total. The fourth-order valence-electron chi connectivity index (χ4n) is 8.39. The summed E-state index contributed by atoms with van der Waals surface area (Å²) in [6.45, 7) is 0. The molecule has 58 heavy (non-hydrogen) atoms. The number of rotatable bonds is 4. The Hall–Kier alpha value is -7.96. The smallest absolute Gasteiger partial charge is 0.0972 e. The van der Waals surface area contributed by atoms with Crippen LogP contribution in [0.3, 0.4) is 0 Å². The lowest BCUT2D eigenvalue weighted by Crippen LogP contribution is -1.92. The molecular formula is C52H30N6. The maximum Gasteiger partial charge on any atom is 0.0972 e. The zero-order chi connectivity index (χ0) is 38.2. The van der Waals surface area contributed by atoms with Crippen molar-refractivity contribution in [2.45, 2.75) is 0 Å². The molecule has 0 spiro atoms. The highest BCUT2D eigenvalue weighted by atomic mass is 14.8. The predicted molar refractivity (Wildman–Crippen MR) is 237 cm³/mol. The topological polar surface area (TPSA) is 77.3 Å². The average molecular weight is 739 g/mol. The Morgan fingerprint density at radius 2 is 0.690 bits per heavy atom. The van der Waals surface area contributed by atoms with E-state index in [-0.39, 0.29) is 0 Å². The van der Waals surface area contributed by atoms with E-state index >= 15 is 0 Å². The largest absolute Gasteiger partial charge is 0.254 e. The van der Waals surface area contributed by atoms with Gasteiger partial charge in [0.25, 0.3) is 0 Å². The summed E-state index contributed by atoms with van der Waals surface area (Å²) in [6, 6.07) is 59.2. The van der Waals surface area contributed by atoms with Crippen molar-refractivity contribution in [3.8, 4) is 45.0 Å². The third-order valence-electron chi connectivity index (χ3n) is 11.3. The van der Waals surface area contributed by atoms with E-state index in [1.165, 1.54) is 0 Å². The van der Waals surface area contributed by atoms with Gasteiger partial charge in [0.2, 0.25) is 0 Å². The van der Waals surface area contributed by atoms with E-state index in [1.54, 1.807) is 0 Å². The van der Waals surface area contributed by atoms with Gasteiger partial charge in [0.05, 0.1) is 55.9 Å². The molecule has 12 rings (SSSR count).